The van der Waals surface area contributed by atoms with Gasteiger partial charge < -0.3 is 28.4 Å². The van der Waals surface area contributed by atoms with Gasteiger partial charge in [0.25, 0.3) is 0 Å². The molecular formula is C18H34O6. The van der Waals surface area contributed by atoms with Gasteiger partial charge in [-0.2, -0.15) is 0 Å². The van der Waals surface area contributed by atoms with E-state index < -0.39 is 0 Å². The van der Waals surface area contributed by atoms with Gasteiger partial charge in [0.1, 0.15) is 0 Å². The maximum absolute atomic E-state index is 5.89. The molecule has 0 aromatic heterocycles. The van der Waals surface area contributed by atoms with Crippen LogP contribution in [0.15, 0.2) is 0 Å². The number of rotatable bonds is 12. The first-order valence-corrected chi connectivity index (χ1v) is 9.33. The monoisotopic (exact) mass is 346 g/mol. The minimum Gasteiger partial charge on any atom is -0.379 e. The molecular weight excluding hydrogens is 312 g/mol. The second-order valence-electron chi connectivity index (χ2n) is 6.61. The lowest BCUT2D eigenvalue weighted by Crippen LogP contribution is -2.44. The third kappa shape index (κ3) is 6.24. The first kappa shape index (κ1) is 20.1. The molecule has 1 aliphatic carbocycles. The van der Waals surface area contributed by atoms with Crippen molar-refractivity contribution in [3.05, 3.63) is 0 Å². The summed E-state index contributed by atoms with van der Waals surface area (Å²) in [5.41, 5.74) is 0.0407. The second-order valence-corrected chi connectivity index (χ2v) is 6.61. The summed E-state index contributed by atoms with van der Waals surface area (Å²) in [5.74, 6) is -0.347. The quantitative estimate of drug-likeness (QED) is 0.506. The smallest absolute Gasteiger partial charge is 0.168 e. The van der Waals surface area contributed by atoms with Crippen LogP contribution < -0.4 is 0 Å². The molecule has 0 radical (unpaired) electrons. The molecule has 0 N–H and O–H groups in total. The zero-order chi connectivity index (χ0) is 17.1. The molecule has 1 saturated heterocycles. The van der Waals surface area contributed by atoms with Crippen LogP contribution >= 0.6 is 0 Å². The Morgan fingerprint density at radius 2 is 1.12 bits per heavy atom. The maximum Gasteiger partial charge on any atom is 0.168 e. The summed E-state index contributed by atoms with van der Waals surface area (Å²) in [6, 6.07) is 0. The van der Waals surface area contributed by atoms with Crippen molar-refractivity contribution in [1.29, 1.82) is 0 Å². The van der Waals surface area contributed by atoms with Crippen molar-refractivity contribution in [2.75, 3.05) is 66.1 Å². The Bertz CT molecular complexity index is 303. The fraction of sp³-hybridized carbons (Fsp3) is 1.00. The summed E-state index contributed by atoms with van der Waals surface area (Å²) in [7, 11) is 0. The van der Waals surface area contributed by atoms with Gasteiger partial charge in [-0.15, -0.1) is 0 Å². The molecule has 1 saturated carbocycles. The minimum absolute atomic E-state index is 0.0407. The molecule has 0 bridgehead atoms. The molecule has 2 rings (SSSR count). The number of hydrogen-bond acceptors (Lipinski definition) is 6. The highest BCUT2D eigenvalue weighted by atomic mass is 16.7. The van der Waals surface area contributed by atoms with Crippen LogP contribution in [0.3, 0.4) is 0 Å². The summed E-state index contributed by atoms with van der Waals surface area (Å²) in [5, 5.41) is 0. The fourth-order valence-corrected chi connectivity index (χ4v) is 3.38. The van der Waals surface area contributed by atoms with Gasteiger partial charge >= 0.3 is 0 Å². The van der Waals surface area contributed by atoms with Gasteiger partial charge in [-0.3, -0.25) is 0 Å². The SMILES string of the molecule is CCOCCOCC1(COCCOCC)CCC2(CC1)OCCO2. The summed E-state index contributed by atoms with van der Waals surface area (Å²) < 4.78 is 34.2. The van der Waals surface area contributed by atoms with E-state index >= 15 is 0 Å². The Labute approximate surface area is 146 Å². The van der Waals surface area contributed by atoms with E-state index in [2.05, 4.69) is 0 Å². The largest absolute Gasteiger partial charge is 0.379 e. The van der Waals surface area contributed by atoms with Crippen molar-refractivity contribution in [2.45, 2.75) is 45.3 Å². The molecule has 1 aliphatic heterocycles. The van der Waals surface area contributed by atoms with Crippen LogP contribution in [0.4, 0.5) is 0 Å². The van der Waals surface area contributed by atoms with E-state index in [4.69, 9.17) is 28.4 Å². The average molecular weight is 346 g/mol. The van der Waals surface area contributed by atoms with Crippen LogP contribution in [0.2, 0.25) is 0 Å². The number of ether oxygens (including phenoxy) is 6. The van der Waals surface area contributed by atoms with Gasteiger partial charge in [0.15, 0.2) is 5.79 Å². The van der Waals surface area contributed by atoms with Crippen molar-refractivity contribution in [3.63, 3.8) is 0 Å². The van der Waals surface area contributed by atoms with Gasteiger partial charge in [0, 0.05) is 31.5 Å². The van der Waals surface area contributed by atoms with E-state index in [0.717, 1.165) is 38.9 Å². The third-order valence-electron chi connectivity index (χ3n) is 4.85. The second kappa shape index (κ2) is 10.7. The molecule has 2 fully saturated rings. The van der Waals surface area contributed by atoms with E-state index in [9.17, 15) is 0 Å². The first-order valence-electron chi connectivity index (χ1n) is 9.33. The maximum atomic E-state index is 5.89. The van der Waals surface area contributed by atoms with Gasteiger partial charge in [-0.1, -0.05) is 0 Å². The number of hydrogen-bond donors (Lipinski definition) is 0. The summed E-state index contributed by atoms with van der Waals surface area (Å²) in [6.07, 6.45) is 3.82. The molecule has 0 unspecified atom stereocenters. The summed E-state index contributed by atoms with van der Waals surface area (Å²) in [6.45, 7) is 10.8. The Kier molecular flexibility index (Phi) is 8.94. The highest BCUT2D eigenvalue weighted by Crippen LogP contribution is 2.45. The van der Waals surface area contributed by atoms with E-state index in [-0.39, 0.29) is 11.2 Å². The predicted octanol–water partition coefficient (Wildman–Crippen LogP) is 2.40. The van der Waals surface area contributed by atoms with E-state index in [1.807, 2.05) is 13.8 Å². The van der Waals surface area contributed by atoms with Gasteiger partial charge in [0.2, 0.25) is 0 Å². The zero-order valence-electron chi connectivity index (χ0n) is 15.3. The zero-order valence-corrected chi connectivity index (χ0v) is 15.3. The molecule has 0 amide bonds. The van der Waals surface area contributed by atoms with E-state index in [1.54, 1.807) is 0 Å². The Balaban J connectivity index is 1.77. The molecule has 142 valence electrons. The van der Waals surface area contributed by atoms with Crippen LogP contribution in [0.1, 0.15) is 39.5 Å². The highest BCUT2D eigenvalue weighted by molar-refractivity contribution is 4.91. The molecule has 0 aromatic rings. The lowest BCUT2D eigenvalue weighted by Gasteiger charge is -2.43. The topological polar surface area (TPSA) is 55.4 Å². The Morgan fingerprint density at radius 1 is 0.667 bits per heavy atom. The first-order chi connectivity index (χ1) is 11.7. The lowest BCUT2D eigenvalue weighted by molar-refractivity contribution is -0.202. The van der Waals surface area contributed by atoms with Gasteiger partial charge in [0.05, 0.1) is 52.9 Å². The van der Waals surface area contributed by atoms with E-state index in [1.165, 1.54) is 0 Å². The van der Waals surface area contributed by atoms with Crippen LogP contribution in [-0.4, -0.2) is 71.9 Å². The van der Waals surface area contributed by atoms with E-state index in [0.29, 0.717) is 52.9 Å². The van der Waals surface area contributed by atoms with Crippen molar-refractivity contribution in [3.8, 4) is 0 Å². The van der Waals surface area contributed by atoms with Crippen molar-refractivity contribution < 1.29 is 28.4 Å². The normalized spacial score (nSPS) is 22.2. The molecule has 2 aliphatic rings. The van der Waals surface area contributed by atoms with Crippen molar-refractivity contribution in [1.82, 2.24) is 0 Å². The highest BCUT2D eigenvalue weighted by Gasteiger charge is 2.46. The molecule has 6 heteroatoms. The molecule has 1 spiro atoms. The summed E-state index contributed by atoms with van der Waals surface area (Å²) >= 11 is 0. The van der Waals surface area contributed by atoms with Gasteiger partial charge in [-0.25, -0.2) is 0 Å². The molecule has 1 heterocycles. The average Bonchev–Trinajstić information content (AvgIpc) is 3.06. The third-order valence-corrected chi connectivity index (χ3v) is 4.85. The van der Waals surface area contributed by atoms with Crippen molar-refractivity contribution >= 4 is 0 Å². The lowest BCUT2D eigenvalue weighted by atomic mass is 9.73. The minimum atomic E-state index is -0.347. The fourth-order valence-electron chi connectivity index (χ4n) is 3.38. The predicted molar refractivity (Wildman–Crippen MR) is 90.2 cm³/mol. The van der Waals surface area contributed by atoms with Crippen LogP contribution in [-0.2, 0) is 28.4 Å². The Hall–Kier alpha value is -0.240. The van der Waals surface area contributed by atoms with Crippen molar-refractivity contribution in [2.24, 2.45) is 5.41 Å². The molecule has 0 atom stereocenters. The molecule has 0 aromatic carbocycles. The van der Waals surface area contributed by atoms with Crippen LogP contribution in [0.25, 0.3) is 0 Å². The van der Waals surface area contributed by atoms with Crippen LogP contribution in [0.5, 0.6) is 0 Å². The molecule has 6 nitrogen and oxygen atoms in total. The van der Waals surface area contributed by atoms with Crippen LogP contribution in [0, 0.1) is 5.41 Å². The standard InChI is InChI=1S/C18H34O6/c1-3-19-9-11-21-15-17(16-22-12-10-20-4-2)5-7-18(8-6-17)23-13-14-24-18/h3-16H2,1-2H3. The molecule has 24 heavy (non-hydrogen) atoms. The Morgan fingerprint density at radius 3 is 1.58 bits per heavy atom. The summed E-state index contributed by atoms with van der Waals surface area (Å²) in [4.78, 5) is 0. The van der Waals surface area contributed by atoms with Gasteiger partial charge in [-0.05, 0) is 26.7 Å².